The highest BCUT2D eigenvalue weighted by Gasteiger charge is 2.46. The van der Waals surface area contributed by atoms with Crippen LogP contribution in [-0.4, -0.2) is 59.1 Å². The first-order chi connectivity index (χ1) is 16.2. The highest BCUT2D eigenvalue weighted by molar-refractivity contribution is 5.88. The first-order valence-electron chi connectivity index (χ1n) is 11.2. The lowest BCUT2D eigenvalue weighted by Gasteiger charge is -2.32. The summed E-state index contributed by atoms with van der Waals surface area (Å²) >= 11 is 0. The van der Waals surface area contributed by atoms with Gasteiger partial charge in [0, 0.05) is 12.5 Å². The quantitative estimate of drug-likeness (QED) is 0.635. The molecule has 9 heteroatoms. The first-order valence-corrected chi connectivity index (χ1v) is 11.2. The van der Waals surface area contributed by atoms with Crippen molar-refractivity contribution in [3.05, 3.63) is 59.7 Å². The molecule has 2 atom stereocenters. The summed E-state index contributed by atoms with van der Waals surface area (Å²) in [5.41, 5.74) is 2.61. The van der Waals surface area contributed by atoms with Crippen LogP contribution in [0.15, 0.2) is 48.5 Å². The number of carbonyl (C=O) groups excluding carboxylic acids is 2. The summed E-state index contributed by atoms with van der Waals surface area (Å²) in [5, 5.41) is 11.6. The third-order valence-electron chi connectivity index (χ3n) is 6.75. The fourth-order valence-corrected chi connectivity index (χ4v) is 4.88. The Morgan fingerprint density at radius 3 is 2.26 bits per heavy atom. The van der Waals surface area contributed by atoms with E-state index in [1.54, 1.807) is 0 Å². The van der Waals surface area contributed by atoms with Crippen molar-refractivity contribution in [2.45, 2.75) is 50.1 Å². The smallest absolute Gasteiger partial charge is 0.407 e. The fraction of sp³-hybridized carbons (Fsp3) is 0.400. The fourth-order valence-electron chi connectivity index (χ4n) is 4.88. The zero-order valence-electron chi connectivity index (χ0n) is 18.7. The minimum absolute atomic E-state index is 0.0486. The van der Waals surface area contributed by atoms with E-state index in [1.165, 1.54) is 6.92 Å². The van der Waals surface area contributed by atoms with Crippen LogP contribution in [-0.2, 0) is 14.3 Å². The first kappa shape index (κ1) is 23.7. The van der Waals surface area contributed by atoms with Crippen molar-refractivity contribution in [2.75, 3.05) is 13.2 Å². The number of hydrogen-bond acceptors (Lipinski definition) is 4. The van der Waals surface area contributed by atoms with Crippen molar-refractivity contribution < 1.29 is 33.0 Å². The topological polar surface area (TPSA) is 95.9 Å². The molecule has 0 spiro atoms. The molecule has 0 saturated carbocycles. The largest absolute Gasteiger partial charge is 0.480 e. The van der Waals surface area contributed by atoms with Gasteiger partial charge in [0.2, 0.25) is 5.91 Å². The van der Waals surface area contributed by atoms with Gasteiger partial charge in [-0.05, 0) is 42.0 Å². The molecule has 2 aromatic rings. The molecule has 1 heterocycles. The van der Waals surface area contributed by atoms with E-state index in [2.05, 4.69) is 5.32 Å². The molecule has 180 valence electrons. The standard InChI is InChI=1S/C25H26F2N2O5/c1-25(23(31)32)11-6-12-29(25)21(30)13-20(22(26)27)28-24(33)34-14-19-17-9-4-2-7-15(17)16-8-3-5-10-18(16)19/h2-5,7-10,19-20,22H,6,11-14H2,1H3,(H,28,33)(H,31,32). The summed E-state index contributed by atoms with van der Waals surface area (Å²) < 4.78 is 32.6. The summed E-state index contributed by atoms with van der Waals surface area (Å²) in [5.74, 6) is -2.16. The summed E-state index contributed by atoms with van der Waals surface area (Å²) in [6.45, 7) is 1.52. The number of alkyl carbamates (subject to hydrolysis) is 1. The number of aliphatic carboxylic acids is 1. The number of hydrogen-bond donors (Lipinski definition) is 2. The van der Waals surface area contributed by atoms with E-state index < -0.39 is 42.4 Å². The number of carboxylic acids is 1. The maximum atomic E-state index is 13.6. The zero-order valence-corrected chi connectivity index (χ0v) is 18.7. The Labute approximate surface area is 195 Å². The minimum atomic E-state index is -3.02. The summed E-state index contributed by atoms with van der Waals surface area (Å²) in [7, 11) is 0. The van der Waals surface area contributed by atoms with Crippen LogP contribution in [0.4, 0.5) is 13.6 Å². The van der Waals surface area contributed by atoms with Gasteiger partial charge in [-0.15, -0.1) is 0 Å². The van der Waals surface area contributed by atoms with Gasteiger partial charge in [-0.25, -0.2) is 18.4 Å². The Hall–Kier alpha value is -3.49. The molecule has 2 aromatic carbocycles. The van der Waals surface area contributed by atoms with E-state index >= 15 is 0 Å². The van der Waals surface area contributed by atoms with Crippen molar-refractivity contribution in [3.63, 3.8) is 0 Å². The average molecular weight is 472 g/mol. The van der Waals surface area contributed by atoms with Crippen LogP contribution in [0.1, 0.15) is 43.2 Å². The predicted molar refractivity (Wildman–Crippen MR) is 120 cm³/mol. The van der Waals surface area contributed by atoms with Gasteiger partial charge >= 0.3 is 12.1 Å². The average Bonchev–Trinajstić information content (AvgIpc) is 3.36. The second kappa shape index (κ2) is 9.40. The summed E-state index contributed by atoms with van der Waals surface area (Å²) in [4.78, 5) is 37.7. The number of likely N-dealkylation sites (tertiary alicyclic amines) is 1. The van der Waals surface area contributed by atoms with Crippen LogP contribution >= 0.6 is 0 Å². The monoisotopic (exact) mass is 472 g/mol. The van der Waals surface area contributed by atoms with Crippen LogP contribution in [0.25, 0.3) is 11.1 Å². The van der Waals surface area contributed by atoms with Crippen molar-refractivity contribution in [3.8, 4) is 11.1 Å². The number of amides is 2. The lowest BCUT2D eigenvalue weighted by Crippen LogP contribution is -2.53. The number of nitrogens with one attached hydrogen (secondary N) is 1. The molecule has 1 fully saturated rings. The van der Waals surface area contributed by atoms with Gasteiger partial charge in [0.1, 0.15) is 18.2 Å². The van der Waals surface area contributed by atoms with Gasteiger partial charge in [-0.1, -0.05) is 48.5 Å². The van der Waals surface area contributed by atoms with Gasteiger partial charge in [-0.2, -0.15) is 0 Å². The molecule has 2 amide bonds. The highest BCUT2D eigenvalue weighted by Crippen LogP contribution is 2.44. The van der Waals surface area contributed by atoms with E-state index in [9.17, 15) is 28.3 Å². The minimum Gasteiger partial charge on any atom is -0.480 e. The Balaban J connectivity index is 1.40. The second-order valence-corrected chi connectivity index (χ2v) is 8.84. The van der Waals surface area contributed by atoms with Crippen LogP contribution in [0.5, 0.6) is 0 Å². The molecule has 0 radical (unpaired) electrons. The highest BCUT2D eigenvalue weighted by atomic mass is 19.3. The molecule has 34 heavy (non-hydrogen) atoms. The molecule has 2 unspecified atom stereocenters. The van der Waals surface area contributed by atoms with E-state index in [0.29, 0.717) is 6.42 Å². The molecule has 0 bridgehead atoms. The second-order valence-electron chi connectivity index (χ2n) is 8.84. The number of alkyl halides is 2. The molecule has 2 N–H and O–H groups in total. The molecule has 1 aliphatic carbocycles. The maximum absolute atomic E-state index is 13.6. The Morgan fingerprint density at radius 1 is 1.12 bits per heavy atom. The number of halogens is 2. The lowest BCUT2D eigenvalue weighted by molar-refractivity contribution is -0.155. The third kappa shape index (κ3) is 4.34. The molecular formula is C25H26F2N2O5. The van der Waals surface area contributed by atoms with Gasteiger partial charge in [0.15, 0.2) is 0 Å². The van der Waals surface area contributed by atoms with E-state index in [4.69, 9.17) is 4.74 Å². The number of carboxylic acid groups (broad SMARTS) is 1. The summed E-state index contributed by atoms with van der Waals surface area (Å²) in [6, 6.07) is 13.7. The molecule has 1 aliphatic heterocycles. The molecule has 7 nitrogen and oxygen atoms in total. The SMILES string of the molecule is CC1(C(=O)O)CCCN1C(=O)CC(NC(=O)OCC1c2ccccc2-c2ccccc21)C(F)F. The van der Waals surface area contributed by atoms with Crippen molar-refractivity contribution in [2.24, 2.45) is 0 Å². The number of carbonyl (C=O) groups is 3. The summed E-state index contributed by atoms with van der Waals surface area (Å²) in [6.07, 6.45) is -4.09. The number of fused-ring (bicyclic) bond motifs is 3. The van der Waals surface area contributed by atoms with Crippen molar-refractivity contribution in [1.29, 1.82) is 0 Å². The maximum Gasteiger partial charge on any atom is 0.407 e. The molecule has 0 aromatic heterocycles. The van der Waals surface area contributed by atoms with Crippen LogP contribution in [0.3, 0.4) is 0 Å². The predicted octanol–water partition coefficient (Wildman–Crippen LogP) is 4.01. The Morgan fingerprint density at radius 2 is 1.71 bits per heavy atom. The van der Waals surface area contributed by atoms with E-state index in [-0.39, 0.29) is 25.5 Å². The van der Waals surface area contributed by atoms with Crippen LogP contribution < -0.4 is 5.32 Å². The third-order valence-corrected chi connectivity index (χ3v) is 6.75. The molecular weight excluding hydrogens is 446 g/mol. The number of ether oxygens (including phenoxy) is 1. The van der Waals surface area contributed by atoms with Crippen molar-refractivity contribution >= 4 is 18.0 Å². The van der Waals surface area contributed by atoms with Gasteiger partial charge in [-0.3, -0.25) is 4.79 Å². The van der Waals surface area contributed by atoms with Crippen LogP contribution in [0.2, 0.25) is 0 Å². The van der Waals surface area contributed by atoms with Crippen LogP contribution in [0, 0.1) is 0 Å². The van der Waals surface area contributed by atoms with Gasteiger partial charge in [0.25, 0.3) is 6.43 Å². The number of benzene rings is 2. The van der Waals surface area contributed by atoms with E-state index in [1.807, 2.05) is 48.5 Å². The molecule has 1 saturated heterocycles. The Bertz CT molecular complexity index is 1060. The van der Waals surface area contributed by atoms with E-state index in [0.717, 1.165) is 27.2 Å². The normalized spacial score (nSPS) is 20.1. The molecule has 4 rings (SSSR count). The van der Waals surface area contributed by atoms with Gasteiger partial charge < -0.3 is 20.1 Å². The number of nitrogens with zero attached hydrogens (tertiary/aromatic N) is 1. The molecule has 2 aliphatic rings. The Kier molecular flexibility index (Phi) is 6.54. The zero-order chi connectivity index (χ0) is 24.5. The van der Waals surface area contributed by atoms with Gasteiger partial charge in [0.05, 0.1) is 6.42 Å². The lowest BCUT2D eigenvalue weighted by atomic mass is 9.98. The number of rotatable bonds is 7. The van der Waals surface area contributed by atoms with Crippen molar-refractivity contribution in [1.82, 2.24) is 10.2 Å².